The summed E-state index contributed by atoms with van der Waals surface area (Å²) >= 11 is 0. The molecule has 3 aliphatic rings. The molecule has 1 amide bonds. The number of hydrogen-bond donors (Lipinski definition) is 1. The zero-order valence-corrected chi connectivity index (χ0v) is 15.7. The minimum absolute atomic E-state index is 0.129. The number of ether oxygens (including phenoxy) is 1. The molecular weight excluding hydrogens is 328 g/mol. The fourth-order valence-electron chi connectivity index (χ4n) is 4.80. The molecule has 26 heavy (non-hydrogen) atoms. The summed E-state index contributed by atoms with van der Waals surface area (Å²) in [6.45, 7) is 7.38. The van der Waals surface area contributed by atoms with E-state index in [0.717, 1.165) is 51.3 Å². The number of benzene rings is 1. The van der Waals surface area contributed by atoms with Gasteiger partial charge in [0.1, 0.15) is 5.75 Å². The molecule has 1 spiro atoms. The van der Waals surface area contributed by atoms with Gasteiger partial charge in [-0.3, -0.25) is 9.69 Å². The Morgan fingerprint density at radius 2 is 2.19 bits per heavy atom. The molecule has 2 heterocycles. The number of likely N-dealkylation sites (tertiary alicyclic amines) is 1. The third kappa shape index (κ3) is 3.47. The molecule has 4 rings (SSSR count). The molecule has 2 aliphatic heterocycles. The van der Waals surface area contributed by atoms with Crippen LogP contribution in [-0.4, -0.2) is 59.7 Å². The molecule has 3 unspecified atom stereocenters. The number of rotatable bonds is 6. The highest BCUT2D eigenvalue weighted by atomic mass is 16.5. The van der Waals surface area contributed by atoms with Crippen LogP contribution in [-0.2, 0) is 16.1 Å². The van der Waals surface area contributed by atoms with E-state index in [9.17, 15) is 9.90 Å². The summed E-state index contributed by atoms with van der Waals surface area (Å²) in [5.41, 5.74) is 1.21. The molecule has 3 fully saturated rings. The number of hydrogen-bond acceptors (Lipinski definition) is 4. The summed E-state index contributed by atoms with van der Waals surface area (Å²) in [6, 6.07) is 7.72. The molecule has 5 nitrogen and oxygen atoms in total. The monoisotopic (exact) mass is 358 g/mol. The van der Waals surface area contributed by atoms with Crippen molar-refractivity contribution in [3.05, 3.63) is 29.8 Å². The molecule has 1 aliphatic carbocycles. The molecule has 142 valence electrons. The van der Waals surface area contributed by atoms with Crippen LogP contribution in [0, 0.1) is 11.3 Å². The lowest BCUT2D eigenvalue weighted by atomic mass is 10.0. The Bertz CT molecular complexity index is 639. The third-order valence-corrected chi connectivity index (χ3v) is 6.58. The zero-order valence-electron chi connectivity index (χ0n) is 15.7. The number of phenols is 1. The zero-order chi connectivity index (χ0) is 18.1. The van der Waals surface area contributed by atoms with Crippen molar-refractivity contribution in [1.29, 1.82) is 0 Å². The fourth-order valence-corrected chi connectivity index (χ4v) is 4.80. The summed E-state index contributed by atoms with van der Waals surface area (Å²) < 4.78 is 5.57. The number of carbonyl (C=O) groups excluding carboxylic acids is 1. The standard InChI is InChI=1S/C21H30N2O3/c1-2-22-10-3-4-17(22)14-23(13-16-5-7-18(24)8-6-16)20(25)19-12-21(19)9-11-26-15-21/h5-8,17,19,24H,2-4,9-15H2,1H3. The lowest BCUT2D eigenvalue weighted by Gasteiger charge is -2.31. The predicted octanol–water partition coefficient (Wildman–Crippen LogP) is 2.63. The smallest absolute Gasteiger partial charge is 0.226 e. The van der Waals surface area contributed by atoms with E-state index in [1.165, 1.54) is 12.8 Å². The molecule has 1 N–H and O–H groups in total. The molecule has 0 bridgehead atoms. The normalized spacial score (nSPS) is 30.8. The maximum atomic E-state index is 13.3. The van der Waals surface area contributed by atoms with E-state index in [1.807, 2.05) is 12.1 Å². The van der Waals surface area contributed by atoms with Crippen molar-refractivity contribution >= 4 is 5.91 Å². The maximum absolute atomic E-state index is 13.3. The summed E-state index contributed by atoms with van der Waals surface area (Å²) in [4.78, 5) is 17.9. The molecule has 1 aromatic carbocycles. The van der Waals surface area contributed by atoms with Crippen LogP contribution >= 0.6 is 0 Å². The van der Waals surface area contributed by atoms with Crippen molar-refractivity contribution in [2.45, 2.75) is 45.2 Å². The van der Waals surface area contributed by atoms with Gasteiger partial charge >= 0.3 is 0 Å². The average molecular weight is 358 g/mol. The number of aromatic hydroxyl groups is 1. The van der Waals surface area contributed by atoms with E-state index in [2.05, 4.69) is 16.7 Å². The molecule has 0 aromatic heterocycles. The Morgan fingerprint density at radius 1 is 1.38 bits per heavy atom. The van der Waals surface area contributed by atoms with Gasteiger partial charge in [-0.25, -0.2) is 0 Å². The number of carbonyl (C=O) groups is 1. The maximum Gasteiger partial charge on any atom is 0.226 e. The lowest BCUT2D eigenvalue weighted by molar-refractivity contribution is -0.135. The van der Waals surface area contributed by atoms with Crippen LogP contribution in [0.4, 0.5) is 0 Å². The molecule has 1 aromatic rings. The Balaban J connectivity index is 1.48. The van der Waals surface area contributed by atoms with Crippen LogP contribution in [0.5, 0.6) is 5.75 Å². The van der Waals surface area contributed by atoms with Gasteiger partial charge in [0.25, 0.3) is 0 Å². The average Bonchev–Trinajstić information content (AvgIpc) is 2.97. The Hall–Kier alpha value is -1.59. The number of amides is 1. The summed E-state index contributed by atoms with van der Waals surface area (Å²) in [6.07, 6.45) is 4.41. The van der Waals surface area contributed by atoms with Crippen LogP contribution in [0.1, 0.15) is 38.2 Å². The number of nitrogens with zero attached hydrogens (tertiary/aromatic N) is 2. The van der Waals surface area contributed by atoms with Crippen molar-refractivity contribution in [2.75, 3.05) is 32.8 Å². The van der Waals surface area contributed by atoms with E-state index in [4.69, 9.17) is 4.74 Å². The molecule has 5 heteroatoms. The van der Waals surface area contributed by atoms with Gasteiger partial charge in [-0.2, -0.15) is 0 Å². The van der Waals surface area contributed by atoms with E-state index >= 15 is 0 Å². The highest BCUT2D eigenvalue weighted by molar-refractivity contribution is 5.83. The molecule has 0 radical (unpaired) electrons. The van der Waals surface area contributed by atoms with Gasteiger partial charge < -0.3 is 14.7 Å². The lowest BCUT2D eigenvalue weighted by Crippen LogP contribution is -2.43. The predicted molar refractivity (Wildman–Crippen MR) is 99.8 cm³/mol. The Labute approximate surface area is 155 Å². The topological polar surface area (TPSA) is 53.0 Å². The minimum Gasteiger partial charge on any atom is -0.508 e. The molecular formula is C21H30N2O3. The molecule has 1 saturated carbocycles. The van der Waals surface area contributed by atoms with Crippen LogP contribution in [0.25, 0.3) is 0 Å². The number of phenolic OH excluding ortho intramolecular Hbond substituents is 1. The molecule has 3 atom stereocenters. The van der Waals surface area contributed by atoms with Crippen molar-refractivity contribution in [3.8, 4) is 5.75 Å². The van der Waals surface area contributed by atoms with Crippen molar-refractivity contribution in [2.24, 2.45) is 11.3 Å². The van der Waals surface area contributed by atoms with E-state index < -0.39 is 0 Å². The van der Waals surface area contributed by atoms with Gasteiger partial charge in [0.15, 0.2) is 0 Å². The van der Waals surface area contributed by atoms with Gasteiger partial charge in [-0.05, 0) is 56.5 Å². The Kier molecular flexibility index (Phi) is 4.93. The second-order valence-electron chi connectivity index (χ2n) is 8.23. The number of likely N-dealkylation sites (N-methyl/N-ethyl adjacent to an activating group) is 1. The van der Waals surface area contributed by atoms with E-state index in [0.29, 0.717) is 18.5 Å². The summed E-state index contributed by atoms with van der Waals surface area (Å²) in [7, 11) is 0. The second kappa shape index (κ2) is 7.20. The fraction of sp³-hybridized carbons (Fsp3) is 0.667. The van der Waals surface area contributed by atoms with E-state index in [1.54, 1.807) is 12.1 Å². The summed E-state index contributed by atoms with van der Waals surface area (Å²) in [5, 5.41) is 9.53. The SMILES string of the molecule is CCN1CCCC1CN(Cc1ccc(O)cc1)C(=O)C1CC12CCOC2. The first-order chi connectivity index (χ1) is 12.6. The summed E-state index contributed by atoms with van der Waals surface area (Å²) in [5.74, 6) is 0.703. The van der Waals surface area contributed by atoms with Crippen molar-refractivity contribution in [1.82, 2.24) is 9.80 Å². The van der Waals surface area contributed by atoms with Crippen LogP contribution in [0.15, 0.2) is 24.3 Å². The quantitative estimate of drug-likeness (QED) is 0.849. The van der Waals surface area contributed by atoms with Crippen molar-refractivity contribution < 1.29 is 14.6 Å². The van der Waals surface area contributed by atoms with Crippen LogP contribution < -0.4 is 0 Å². The van der Waals surface area contributed by atoms with Gasteiger partial charge in [-0.15, -0.1) is 0 Å². The van der Waals surface area contributed by atoms with E-state index in [-0.39, 0.29) is 17.1 Å². The highest BCUT2D eigenvalue weighted by Gasteiger charge is 2.60. The first-order valence-electron chi connectivity index (χ1n) is 10.00. The highest BCUT2D eigenvalue weighted by Crippen LogP contribution is 2.58. The molecule has 2 saturated heterocycles. The third-order valence-electron chi connectivity index (χ3n) is 6.58. The minimum atomic E-state index is 0.129. The van der Waals surface area contributed by atoms with Gasteiger partial charge in [0, 0.05) is 37.1 Å². The first kappa shape index (κ1) is 17.8. The van der Waals surface area contributed by atoms with Gasteiger partial charge in [0.05, 0.1) is 6.61 Å². The van der Waals surface area contributed by atoms with Crippen LogP contribution in [0.2, 0.25) is 0 Å². The largest absolute Gasteiger partial charge is 0.508 e. The first-order valence-corrected chi connectivity index (χ1v) is 10.00. The van der Waals surface area contributed by atoms with Crippen LogP contribution in [0.3, 0.4) is 0 Å². The van der Waals surface area contributed by atoms with Gasteiger partial charge in [0.2, 0.25) is 5.91 Å². The Morgan fingerprint density at radius 3 is 2.88 bits per heavy atom. The van der Waals surface area contributed by atoms with Crippen molar-refractivity contribution in [3.63, 3.8) is 0 Å². The second-order valence-corrected chi connectivity index (χ2v) is 8.23. The van der Waals surface area contributed by atoms with Gasteiger partial charge in [-0.1, -0.05) is 19.1 Å².